The van der Waals surface area contributed by atoms with E-state index < -0.39 is 12.0 Å². The topological polar surface area (TPSA) is 92.8 Å². The zero-order chi connectivity index (χ0) is 13.1. The normalized spacial score (nSPS) is 15.0. The van der Waals surface area contributed by atoms with Crippen molar-refractivity contribution in [2.45, 2.75) is 19.4 Å². The van der Waals surface area contributed by atoms with Gasteiger partial charge in [-0.1, -0.05) is 6.07 Å². The SMILES string of the molecule is [2H][C@](N)(Cc1ccc(O)c(O)c1)C(=O)OCC. The Kier molecular flexibility index (Phi) is 3.61. The van der Waals surface area contributed by atoms with Crippen LogP contribution < -0.4 is 5.73 Å². The van der Waals surface area contributed by atoms with Gasteiger partial charge in [0.2, 0.25) is 0 Å². The number of carbonyl (C=O) groups excluding carboxylic acids is 1. The molecule has 1 rings (SSSR count). The second-order valence-electron chi connectivity index (χ2n) is 3.25. The average molecular weight is 226 g/mol. The fraction of sp³-hybridized carbons (Fsp3) is 0.364. The summed E-state index contributed by atoms with van der Waals surface area (Å²) in [5.41, 5.74) is 5.98. The van der Waals surface area contributed by atoms with Gasteiger partial charge in [-0.2, -0.15) is 0 Å². The van der Waals surface area contributed by atoms with E-state index in [2.05, 4.69) is 4.74 Å². The summed E-state index contributed by atoms with van der Waals surface area (Å²) in [5.74, 6) is -1.41. The van der Waals surface area contributed by atoms with E-state index >= 15 is 0 Å². The Hall–Kier alpha value is -1.75. The molecule has 0 unspecified atom stereocenters. The maximum Gasteiger partial charge on any atom is 0.323 e. The average Bonchev–Trinajstić information content (AvgIpc) is 2.23. The van der Waals surface area contributed by atoms with E-state index in [4.69, 9.17) is 12.2 Å². The maximum atomic E-state index is 11.4. The first-order valence-electron chi connectivity index (χ1n) is 5.34. The molecule has 0 fully saturated rings. The Labute approximate surface area is 94.9 Å². The lowest BCUT2D eigenvalue weighted by Gasteiger charge is -2.10. The van der Waals surface area contributed by atoms with E-state index in [0.29, 0.717) is 5.56 Å². The standard InChI is InChI=1S/C11H15NO4/c1-2-16-11(15)8(12)5-7-3-4-9(13)10(14)6-7/h3-4,6,8,13-14H,2,5,12H2,1H3/t8-/m0/s1/i8D. The smallest absolute Gasteiger partial charge is 0.323 e. The van der Waals surface area contributed by atoms with Crippen LogP contribution in [0.5, 0.6) is 11.5 Å². The van der Waals surface area contributed by atoms with Crippen molar-refractivity contribution in [2.24, 2.45) is 5.73 Å². The van der Waals surface area contributed by atoms with Crippen molar-refractivity contribution in [1.29, 1.82) is 0 Å². The Morgan fingerprint density at radius 3 is 2.81 bits per heavy atom. The van der Waals surface area contributed by atoms with E-state index in [1.807, 2.05) is 0 Å². The molecule has 1 aromatic rings. The molecule has 4 N–H and O–H groups in total. The Balaban J connectivity index is 2.82. The van der Waals surface area contributed by atoms with Crippen LogP contribution in [0.1, 0.15) is 13.9 Å². The van der Waals surface area contributed by atoms with Gasteiger partial charge in [-0.15, -0.1) is 0 Å². The van der Waals surface area contributed by atoms with Gasteiger partial charge in [0, 0.05) is 0 Å². The molecule has 0 saturated heterocycles. The first-order valence-corrected chi connectivity index (χ1v) is 4.84. The molecule has 88 valence electrons. The minimum absolute atomic E-state index is 0.111. The quantitative estimate of drug-likeness (QED) is 0.514. The van der Waals surface area contributed by atoms with Crippen LogP contribution in [0.4, 0.5) is 0 Å². The highest BCUT2D eigenvalue weighted by Gasteiger charge is 2.15. The number of esters is 1. The second-order valence-corrected chi connectivity index (χ2v) is 3.25. The third-order valence-electron chi connectivity index (χ3n) is 1.97. The number of phenols is 2. The van der Waals surface area contributed by atoms with Crippen molar-refractivity contribution >= 4 is 5.97 Å². The van der Waals surface area contributed by atoms with Gasteiger partial charge in [0.05, 0.1) is 7.98 Å². The van der Waals surface area contributed by atoms with Gasteiger partial charge in [0.25, 0.3) is 0 Å². The monoisotopic (exact) mass is 226 g/mol. The number of benzene rings is 1. The number of ether oxygens (including phenoxy) is 1. The summed E-state index contributed by atoms with van der Waals surface area (Å²) in [6.45, 7) is 1.78. The highest BCUT2D eigenvalue weighted by atomic mass is 16.5. The molecule has 0 aliphatic heterocycles. The number of rotatable bonds is 4. The molecule has 0 saturated carbocycles. The summed E-state index contributed by atoms with van der Waals surface area (Å²) < 4.78 is 12.3. The van der Waals surface area contributed by atoms with Gasteiger partial charge in [-0.3, -0.25) is 4.79 Å². The number of phenolic OH excluding ortho intramolecular Hbond substituents is 2. The van der Waals surface area contributed by atoms with Crippen LogP contribution in [-0.2, 0) is 16.0 Å². The van der Waals surface area contributed by atoms with Crippen molar-refractivity contribution in [3.63, 3.8) is 0 Å². The summed E-state index contributed by atoms with van der Waals surface area (Å²) in [4.78, 5) is 11.4. The zero-order valence-electron chi connectivity index (χ0n) is 9.93. The predicted octanol–water partition coefficient (Wildman–Crippen LogP) is 0.531. The molecule has 5 heteroatoms. The van der Waals surface area contributed by atoms with Gasteiger partial charge in [0.1, 0.15) is 6.02 Å². The maximum absolute atomic E-state index is 11.4. The number of hydrogen-bond donors (Lipinski definition) is 3. The van der Waals surface area contributed by atoms with E-state index in [9.17, 15) is 9.90 Å². The summed E-state index contributed by atoms with van der Waals surface area (Å²) >= 11 is 0. The van der Waals surface area contributed by atoms with Gasteiger partial charge in [0.15, 0.2) is 11.5 Å². The first-order chi connectivity index (χ1) is 7.86. The molecule has 16 heavy (non-hydrogen) atoms. The summed E-state index contributed by atoms with van der Waals surface area (Å²) in [5, 5.41) is 18.4. The molecule has 5 nitrogen and oxygen atoms in total. The molecular weight excluding hydrogens is 210 g/mol. The van der Waals surface area contributed by atoms with Gasteiger partial charge < -0.3 is 20.7 Å². The second kappa shape index (κ2) is 5.37. The molecule has 1 atom stereocenters. The van der Waals surface area contributed by atoms with Crippen LogP contribution in [0.25, 0.3) is 0 Å². The third-order valence-corrected chi connectivity index (χ3v) is 1.97. The molecule has 0 aliphatic rings. The molecule has 0 aliphatic carbocycles. The molecule has 0 heterocycles. The van der Waals surface area contributed by atoms with Crippen molar-refractivity contribution in [3.8, 4) is 11.5 Å². The Morgan fingerprint density at radius 2 is 2.25 bits per heavy atom. The van der Waals surface area contributed by atoms with Crippen LogP contribution in [0.3, 0.4) is 0 Å². The summed E-state index contributed by atoms with van der Waals surface area (Å²) in [6, 6.07) is 2.10. The van der Waals surface area contributed by atoms with Gasteiger partial charge in [-0.05, 0) is 31.0 Å². The highest BCUT2D eigenvalue weighted by Crippen LogP contribution is 2.25. The zero-order valence-corrected chi connectivity index (χ0v) is 8.93. The largest absolute Gasteiger partial charge is 0.504 e. The number of nitrogens with two attached hydrogens (primary N) is 1. The molecule has 0 radical (unpaired) electrons. The lowest BCUT2D eigenvalue weighted by Crippen LogP contribution is -2.34. The highest BCUT2D eigenvalue weighted by molar-refractivity contribution is 5.75. The minimum Gasteiger partial charge on any atom is -0.504 e. The lowest BCUT2D eigenvalue weighted by molar-refractivity contribution is -0.144. The third kappa shape index (κ3) is 3.13. The van der Waals surface area contributed by atoms with Crippen molar-refractivity contribution in [1.82, 2.24) is 0 Å². The molecule has 0 amide bonds. The number of carbonyl (C=O) groups is 1. The van der Waals surface area contributed by atoms with Crippen molar-refractivity contribution in [2.75, 3.05) is 6.61 Å². The minimum atomic E-state index is -1.90. The Morgan fingerprint density at radius 1 is 1.56 bits per heavy atom. The summed E-state index contributed by atoms with van der Waals surface area (Å²) in [7, 11) is 0. The van der Waals surface area contributed by atoms with E-state index in [1.165, 1.54) is 18.2 Å². The lowest BCUT2D eigenvalue weighted by atomic mass is 10.1. The van der Waals surface area contributed by atoms with E-state index in [0.717, 1.165) is 0 Å². The van der Waals surface area contributed by atoms with Crippen molar-refractivity contribution in [3.05, 3.63) is 23.8 Å². The van der Waals surface area contributed by atoms with Gasteiger partial charge >= 0.3 is 5.97 Å². The van der Waals surface area contributed by atoms with Crippen LogP contribution in [-0.4, -0.2) is 28.8 Å². The molecule has 1 aromatic carbocycles. The van der Waals surface area contributed by atoms with E-state index in [1.54, 1.807) is 6.92 Å². The predicted molar refractivity (Wildman–Crippen MR) is 58.1 cm³/mol. The fourth-order valence-corrected chi connectivity index (χ4v) is 1.19. The first kappa shape index (κ1) is 10.8. The molecule has 0 aromatic heterocycles. The van der Waals surface area contributed by atoms with Crippen LogP contribution >= 0.6 is 0 Å². The molecular formula is C11H15NO4. The number of aromatic hydroxyl groups is 2. The molecule has 0 bridgehead atoms. The van der Waals surface area contributed by atoms with Crippen LogP contribution in [0, 0.1) is 0 Å². The van der Waals surface area contributed by atoms with Crippen LogP contribution in [0.15, 0.2) is 18.2 Å². The fourth-order valence-electron chi connectivity index (χ4n) is 1.19. The van der Waals surface area contributed by atoms with Gasteiger partial charge in [-0.25, -0.2) is 0 Å². The van der Waals surface area contributed by atoms with Crippen molar-refractivity contribution < 1.29 is 21.1 Å². The Bertz CT molecular complexity index is 420. The van der Waals surface area contributed by atoms with E-state index in [-0.39, 0.29) is 24.5 Å². The number of hydrogen-bond acceptors (Lipinski definition) is 5. The van der Waals surface area contributed by atoms with Crippen LogP contribution in [0.2, 0.25) is 0 Å². The molecule has 0 spiro atoms. The summed E-state index contributed by atoms with van der Waals surface area (Å²) in [6.07, 6.45) is -0.111.